The molecule has 0 aliphatic rings. The first-order valence-electron chi connectivity index (χ1n) is 12.7. The van der Waals surface area contributed by atoms with Crippen molar-refractivity contribution in [3.63, 3.8) is 0 Å². The minimum Gasteiger partial charge on any atom is -0.490 e. The third-order valence-electron chi connectivity index (χ3n) is 6.36. The number of methoxy groups -OCH3 is 1. The highest BCUT2D eigenvalue weighted by molar-refractivity contribution is 7.15. The molecule has 3 heterocycles. The van der Waals surface area contributed by atoms with Crippen molar-refractivity contribution in [3.05, 3.63) is 122 Å². The monoisotopic (exact) mass is 578 g/mol. The fraction of sp³-hybridized carbons (Fsp3) is 0.0667. The van der Waals surface area contributed by atoms with Crippen LogP contribution in [0.1, 0.15) is 5.56 Å². The summed E-state index contributed by atoms with van der Waals surface area (Å²) in [5.74, 6) is 1.25. The summed E-state index contributed by atoms with van der Waals surface area (Å²) in [4.78, 5) is 29.6. The van der Waals surface area contributed by atoms with Crippen molar-refractivity contribution in [2.75, 3.05) is 13.7 Å². The number of hydrogen-bond acceptors (Lipinski definition) is 9. The molecule has 0 N–H and O–H groups in total. The first-order valence-corrected chi connectivity index (χ1v) is 13.5. The molecule has 42 heavy (non-hydrogen) atoms. The molecule has 0 spiro atoms. The summed E-state index contributed by atoms with van der Waals surface area (Å²) in [7, 11) is 1.38. The van der Waals surface area contributed by atoms with Crippen molar-refractivity contribution in [1.82, 2.24) is 24.4 Å². The van der Waals surface area contributed by atoms with Gasteiger partial charge in [0.25, 0.3) is 5.56 Å². The lowest BCUT2D eigenvalue weighted by Gasteiger charge is -2.04. The summed E-state index contributed by atoms with van der Waals surface area (Å²) < 4.78 is 14.0. The molecule has 208 valence electrons. The lowest BCUT2D eigenvalue weighted by atomic mass is 10.1. The van der Waals surface area contributed by atoms with Crippen LogP contribution in [0, 0.1) is 10.1 Å². The number of para-hydroxylation sites is 1. The zero-order chi connectivity index (χ0) is 29.2. The van der Waals surface area contributed by atoms with E-state index in [1.165, 1.54) is 35.1 Å². The van der Waals surface area contributed by atoms with E-state index in [-0.39, 0.29) is 17.0 Å². The van der Waals surface area contributed by atoms with E-state index in [0.717, 1.165) is 11.3 Å². The Labute approximate surface area is 242 Å². The smallest absolute Gasteiger partial charge is 0.311 e. The van der Waals surface area contributed by atoms with E-state index < -0.39 is 4.92 Å². The third kappa shape index (κ3) is 5.02. The number of benzene rings is 3. The maximum atomic E-state index is 13.4. The van der Waals surface area contributed by atoms with Gasteiger partial charge >= 0.3 is 5.69 Å². The summed E-state index contributed by atoms with van der Waals surface area (Å²) in [6, 6.07) is 21.3. The zero-order valence-electron chi connectivity index (χ0n) is 22.2. The van der Waals surface area contributed by atoms with Gasteiger partial charge in [-0.2, -0.15) is 14.6 Å². The summed E-state index contributed by atoms with van der Waals surface area (Å²) in [5.41, 5.74) is 2.56. The molecule has 6 rings (SSSR count). The van der Waals surface area contributed by atoms with Gasteiger partial charge in [0, 0.05) is 29.0 Å². The van der Waals surface area contributed by atoms with Crippen LogP contribution in [0.15, 0.2) is 96.4 Å². The average Bonchev–Trinajstić information content (AvgIpc) is 3.71. The molecule has 12 heteroatoms. The maximum Gasteiger partial charge on any atom is 0.311 e. The minimum atomic E-state index is -0.505. The molecule has 3 aromatic carbocycles. The predicted octanol–water partition coefficient (Wildman–Crippen LogP) is 4.70. The average molecular weight is 579 g/mol. The Morgan fingerprint density at radius 3 is 2.50 bits per heavy atom. The van der Waals surface area contributed by atoms with E-state index in [9.17, 15) is 14.9 Å². The van der Waals surface area contributed by atoms with Crippen LogP contribution in [-0.4, -0.2) is 43.0 Å². The molecule has 0 fully saturated rings. The highest BCUT2D eigenvalue weighted by Crippen LogP contribution is 2.33. The van der Waals surface area contributed by atoms with Crippen LogP contribution in [0.5, 0.6) is 11.5 Å². The largest absolute Gasteiger partial charge is 0.490 e. The molecule has 3 aromatic heterocycles. The first-order chi connectivity index (χ1) is 20.4. The van der Waals surface area contributed by atoms with Crippen LogP contribution in [0.2, 0.25) is 0 Å². The maximum absolute atomic E-state index is 13.4. The number of nitro benzene ring substituents is 1. The van der Waals surface area contributed by atoms with Gasteiger partial charge in [0.15, 0.2) is 11.6 Å². The molecule has 6 aromatic rings. The highest BCUT2D eigenvalue weighted by atomic mass is 32.1. The quantitative estimate of drug-likeness (QED) is 0.137. The number of nitrogens with zero attached hydrogens (tertiary/aromatic N) is 6. The van der Waals surface area contributed by atoms with Gasteiger partial charge in [-0.05, 0) is 54.6 Å². The fourth-order valence-electron chi connectivity index (χ4n) is 4.36. The molecule has 0 saturated carbocycles. The van der Waals surface area contributed by atoms with Gasteiger partial charge in [0.05, 0.1) is 22.3 Å². The van der Waals surface area contributed by atoms with E-state index in [4.69, 9.17) is 14.6 Å². The second-order valence-corrected chi connectivity index (χ2v) is 10.0. The Kier molecular flexibility index (Phi) is 7.03. The van der Waals surface area contributed by atoms with Crippen molar-refractivity contribution in [1.29, 1.82) is 0 Å². The van der Waals surface area contributed by atoms with Crippen molar-refractivity contribution in [3.8, 4) is 39.8 Å². The van der Waals surface area contributed by atoms with Gasteiger partial charge in [-0.25, -0.2) is 4.68 Å². The minimum absolute atomic E-state index is 0.138. The second kappa shape index (κ2) is 11.1. The number of rotatable bonds is 9. The predicted molar refractivity (Wildman–Crippen MR) is 159 cm³/mol. The molecule has 0 amide bonds. The van der Waals surface area contributed by atoms with Crippen LogP contribution in [0.4, 0.5) is 5.69 Å². The number of nitro groups is 1. The highest BCUT2D eigenvalue weighted by Gasteiger charge is 2.20. The summed E-state index contributed by atoms with van der Waals surface area (Å²) >= 11 is 1.19. The normalized spacial score (nSPS) is 11.6. The van der Waals surface area contributed by atoms with Crippen LogP contribution >= 0.6 is 11.3 Å². The van der Waals surface area contributed by atoms with E-state index in [1.807, 2.05) is 42.5 Å². The molecule has 0 bridgehead atoms. The van der Waals surface area contributed by atoms with Gasteiger partial charge in [0.1, 0.15) is 18.1 Å². The number of fused-ring (bicyclic) bond motifs is 1. The third-order valence-corrected chi connectivity index (χ3v) is 7.32. The van der Waals surface area contributed by atoms with E-state index in [2.05, 4.69) is 16.7 Å². The summed E-state index contributed by atoms with van der Waals surface area (Å²) in [6.07, 6.45) is 5.14. The van der Waals surface area contributed by atoms with Gasteiger partial charge in [-0.1, -0.05) is 42.2 Å². The van der Waals surface area contributed by atoms with Crippen molar-refractivity contribution in [2.45, 2.75) is 0 Å². The molecule has 0 atom stereocenters. The topological polar surface area (TPSA) is 127 Å². The number of ether oxygens (including phenoxy) is 2. The van der Waals surface area contributed by atoms with Crippen LogP contribution in [0.3, 0.4) is 0 Å². The molecule has 11 nitrogen and oxygen atoms in total. The summed E-state index contributed by atoms with van der Waals surface area (Å²) in [5, 5.41) is 20.9. The fourth-order valence-corrected chi connectivity index (χ4v) is 5.26. The van der Waals surface area contributed by atoms with Crippen molar-refractivity contribution >= 4 is 28.1 Å². The Morgan fingerprint density at radius 1 is 1.05 bits per heavy atom. The Hall–Kier alpha value is -5.62. The molecular formula is C30H22N6O5S. The van der Waals surface area contributed by atoms with E-state index in [0.29, 0.717) is 44.5 Å². The molecule has 0 radical (unpaired) electrons. The van der Waals surface area contributed by atoms with Gasteiger partial charge < -0.3 is 9.47 Å². The molecule has 0 saturated heterocycles. The molecule has 0 unspecified atom stereocenters. The van der Waals surface area contributed by atoms with E-state index >= 15 is 0 Å². The first kappa shape index (κ1) is 26.6. The number of thiazole rings is 1. The van der Waals surface area contributed by atoms with Gasteiger partial charge in [-0.15, -0.1) is 5.10 Å². The van der Waals surface area contributed by atoms with Crippen LogP contribution < -0.4 is 19.6 Å². The van der Waals surface area contributed by atoms with Gasteiger partial charge in [-0.3, -0.25) is 14.9 Å². The lowest BCUT2D eigenvalue weighted by Crippen LogP contribution is -2.23. The Balaban J connectivity index is 1.43. The van der Waals surface area contributed by atoms with Crippen LogP contribution in [-0.2, 0) is 0 Å². The van der Waals surface area contributed by atoms with Crippen molar-refractivity contribution in [2.24, 2.45) is 0 Å². The molecule has 0 aliphatic heterocycles. The molecular weight excluding hydrogens is 556 g/mol. The Bertz CT molecular complexity index is 2050. The number of hydrogen-bond donors (Lipinski definition) is 0. The lowest BCUT2D eigenvalue weighted by molar-refractivity contribution is -0.385. The number of aromatic nitrogens is 5. The van der Waals surface area contributed by atoms with Crippen LogP contribution in [0.25, 0.3) is 39.4 Å². The second-order valence-electron chi connectivity index (χ2n) is 9.03. The van der Waals surface area contributed by atoms with Crippen molar-refractivity contribution < 1.29 is 14.4 Å². The van der Waals surface area contributed by atoms with E-state index in [1.54, 1.807) is 41.2 Å². The standard InChI is InChI=1S/C30H22N6O5S/c1-3-15-41-23-12-9-19(10-13-23)28-31-30-35(33-28)29(37)26(42-30)17-21-18-34(22-7-5-4-6-8-22)32-27(21)20-11-14-25(40-2)24(16-20)36(38)39/h3-14,16-18H,1,15H2,2H3/b26-17-. The SMILES string of the molecule is C=CCOc1ccc(-c2nc3s/c(=C\c4cn(-c5ccccc5)nc4-c4ccc(OC)c([N+](=O)[O-])c4)c(=O)n3n2)cc1. The van der Waals surface area contributed by atoms with Gasteiger partial charge in [0.2, 0.25) is 4.96 Å². The summed E-state index contributed by atoms with van der Waals surface area (Å²) in [6.45, 7) is 4.04. The Morgan fingerprint density at radius 2 is 1.81 bits per heavy atom. The zero-order valence-corrected chi connectivity index (χ0v) is 23.0. The molecule has 0 aliphatic carbocycles.